The van der Waals surface area contributed by atoms with Gasteiger partial charge in [-0.25, -0.2) is 19.7 Å². The molecular weight excluding hydrogens is 451 g/mol. The van der Waals surface area contributed by atoms with E-state index in [1.807, 2.05) is 24.3 Å². The van der Waals surface area contributed by atoms with Gasteiger partial charge in [-0.05, 0) is 29.3 Å². The molecule has 162 valence electrons. The Bertz CT molecular complexity index is 1190. The van der Waals surface area contributed by atoms with Gasteiger partial charge in [0.25, 0.3) is 5.91 Å². The third-order valence-electron chi connectivity index (χ3n) is 5.96. The van der Waals surface area contributed by atoms with Crippen LogP contribution in [0.15, 0.2) is 61.2 Å². The van der Waals surface area contributed by atoms with E-state index in [2.05, 4.69) is 9.97 Å². The van der Waals surface area contributed by atoms with Crippen molar-refractivity contribution in [3.8, 4) is 11.1 Å². The van der Waals surface area contributed by atoms with Crippen LogP contribution in [0.25, 0.3) is 11.1 Å². The number of carbonyl (C=O) groups is 2. The minimum Gasteiger partial charge on any atom is -0.391 e. The largest absolute Gasteiger partial charge is 0.391 e. The van der Waals surface area contributed by atoms with Gasteiger partial charge in [0.05, 0.1) is 11.8 Å². The van der Waals surface area contributed by atoms with Crippen molar-refractivity contribution >= 4 is 40.8 Å². The molecule has 0 aliphatic carbocycles. The summed E-state index contributed by atoms with van der Waals surface area (Å²) in [7, 11) is 0. The molecule has 2 saturated heterocycles. The highest BCUT2D eigenvalue weighted by Crippen LogP contribution is 2.43. The predicted molar refractivity (Wildman–Crippen MR) is 121 cm³/mol. The van der Waals surface area contributed by atoms with Crippen molar-refractivity contribution in [2.75, 3.05) is 11.4 Å². The van der Waals surface area contributed by atoms with Crippen LogP contribution in [0, 0.1) is 0 Å². The summed E-state index contributed by atoms with van der Waals surface area (Å²) in [6.45, 7) is 0.0921. The topological polar surface area (TPSA) is 86.6 Å². The van der Waals surface area contributed by atoms with Gasteiger partial charge in [-0.15, -0.1) is 0 Å². The molecule has 2 aliphatic rings. The lowest BCUT2D eigenvalue weighted by Gasteiger charge is -2.28. The van der Waals surface area contributed by atoms with E-state index >= 15 is 0 Å². The molecule has 3 amide bonds. The number of fused-ring (bicyclic) bond motifs is 1. The maximum Gasteiger partial charge on any atom is 0.332 e. The highest BCUT2D eigenvalue weighted by atomic mass is 35.5. The monoisotopic (exact) mass is 468 g/mol. The number of halogens is 2. The second kappa shape index (κ2) is 7.85. The number of hydrogen-bond donors (Lipinski definition) is 1. The van der Waals surface area contributed by atoms with Crippen molar-refractivity contribution in [2.24, 2.45) is 0 Å². The Kier molecular flexibility index (Phi) is 5.12. The summed E-state index contributed by atoms with van der Waals surface area (Å²) < 4.78 is 0. The first-order chi connectivity index (χ1) is 15.4. The van der Waals surface area contributed by atoms with E-state index in [4.69, 9.17) is 23.2 Å². The first-order valence-corrected chi connectivity index (χ1v) is 10.8. The zero-order valence-electron chi connectivity index (χ0n) is 16.8. The lowest BCUT2D eigenvalue weighted by molar-refractivity contribution is -0.124. The fourth-order valence-electron chi connectivity index (χ4n) is 4.57. The number of aromatic nitrogens is 2. The molecule has 5 rings (SSSR count). The number of hydrogen-bond acceptors (Lipinski definition) is 5. The molecule has 1 N–H and O–H groups in total. The van der Waals surface area contributed by atoms with Gasteiger partial charge in [-0.3, -0.25) is 4.79 Å². The Labute approximate surface area is 194 Å². The lowest BCUT2D eigenvalue weighted by atomic mass is 9.87. The maximum atomic E-state index is 13.6. The van der Waals surface area contributed by atoms with E-state index in [9.17, 15) is 14.7 Å². The highest BCUT2D eigenvalue weighted by Gasteiger charge is 2.62. The first-order valence-electron chi connectivity index (χ1n) is 10.0. The zero-order chi connectivity index (χ0) is 22.5. The smallest absolute Gasteiger partial charge is 0.332 e. The van der Waals surface area contributed by atoms with Crippen molar-refractivity contribution in [3.63, 3.8) is 0 Å². The minimum atomic E-state index is -1.16. The SMILES string of the molecule is O=C1N(c2cc(Cl)cc(Cl)c2)C(=O)[C@]2(Cc3ccc(-c4cncnc4)cc3)C[C@@H](O)CN12. The van der Waals surface area contributed by atoms with Crippen molar-refractivity contribution in [2.45, 2.75) is 24.5 Å². The van der Waals surface area contributed by atoms with Crippen LogP contribution in [0.1, 0.15) is 12.0 Å². The number of nitrogens with zero attached hydrogens (tertiary/aromatic N) is 4. The molecule has 32 heavy (non-hydrogen) atoms. The van der Waals surface area contributed by atoms with Crippen LogP contribution in [0.3, 0.4) is 0 Å². The number of carbonyl (C=O) groups excluding carboxylic acids is 2. The number of benzene rings is 2. The van der Waals surface area contributed by atoms with Crippen molar-refractivity contribution in [3.05, 3.63) is 76.8 Å². The van der Waals surface area contributed by atoms with Gasteiger partial charge in [-0.2, -0.15) is 0 Å². The fraction of sp³-hybridized carbons (Fsp3) is 0.217. The normalized spacial score (nSPS) is 22.5. The van der Waals surface area contributed by atoms with Gasteiger partial charge < -0.3 is 10.0 Å². The quantitative estimate of drug-likeness (QED) is 0.585. The van der Waals surface area contributed by atoms with Crippen molar-refractivity contribution in [1.29, 1.82) is 0 Å². The second-order valence-corrected chi connectivity index (χ2v) is 8.92. The van der Waals surface area contributed by atoms with Gasteiger partial charge in [0.1, 0.15) is 11.9 Å². The van der Waals surface area contributed by atoms with Crippen LogP contribution in [0.5, 0.6) is 0 Å². The summed E-state index contributed by atoms with van der Waals surface area (Å²) >= 11 is 12.2. The van der Waals surface area contributed by atoms with E-state index in [-0.39, 0.29) is 19.4 Å². The molecule has 2 fully saturated rings. The molecule has 9 heteroatoms. The Hall–Kier alpha value is -3.00. The van der Waals surface area contributed by atoms with E-state index < -0.39 is 23.6 Å². The standard InChI is InChI=1S/C23H18Cl2N4O3/c24-17-5-18(25)7-19(6-17)29-21(31)23(9-20(30)12-28(23)22(29)32)8-14-1-3-15(4-2-14)16-10-26-13-27-11-16/h1-7,10-11,13,20,30H,8-9,12H2/t20-,23+/m1/s1. The number of imide groups is 1. The second-order valence-electron chi connectivity index (χ2n) is 8.05. The third-order valence-corrected chi connectivity index (χ3v) is 6.39. The predicted octanol–water partition coefficient (Wildman–Crippen LogP) is 3.97. The Balaban J connectivity index is 1.49. The highest BCUT2D eigenvalue weighted by molar-refractivity contribution is 6.35. The molecular formula is C23H18Cl2N4O3. The number of urea groups is 1. The van der Waals surface area contributed by atoms with Gasteiger partial charge in [0.2, 0.25) is 0 Å². The third kappa shape index (κ3) is 3.43. The molecule has 0 unspecified atom stereocenters. The lowest BCUT2D eigenvalue weighted by Crippen LogP contribution is -2.47. The number of aliphatic hydroxyl groups excluding tert-OH is 1. The summed E-state index contributed by atoms with van der Waals surface area (Å²) in [5.41, 5.74) is 1.85. The Morgan fingerprint density at radius 3 is 2.31 bits per heavy atom. The average Bonchev–Trinajstić information content (AvgIpc) is 3.19. The molecule has 7 nitrogen and oxygen atoms in total. The van der Waals surface area contributed by atoms with Crippen LogP contribution >= 0.6 is 23.2 Å². The summed E-state index contributed by atoms with van der Waals surface area (Å²) in [6, 6.07) is 11.8. The first kappa shape index (κ1) is 20.9. The van der Waals surface area contributed by atoms with Gasteiger partial charge in [-0.1, -0.05) is 47.5 Å². The molecule has 3 heterocycles. The van der Waals surface area contributed by atoms with Crippen LogP contribution in [-0.4, -0.2) is 50.1 Å². The van der Waals surface area contributed by atoms with E-state index in [1.54, 1.807) is 12.4 Å². The van der Waals surface area contributed by atoms with Crippen LogP contribution < -0.4 is 4.90 Å². The molecule has 2 aliphatic heterocycles. The summed E-state index contributed by atoms with van der Waals surface area (Å²) in [5, 5.41) is 11.0. The summed E-state index contributed by atoms with van der Waals surface area (Å²) in [6.07, 6.45) is 4.60. The average molecular weight is 469 g/mol. The summed E-state index contributed by atoms with van der Waals surface area (Å²) in [5.74, 6) is -0.391. The molecule has 0 spiro atoms. The summed E-state index contributed by atoms with van der Waals surface area (Å²) in [4.78, 5) is 37.5. The van der Waals surface area contributed by atoms with Crippen LogP contribution in [0.4, 0.5) is 10.5 Å². The van der Waals surface area contributed by atoms with E-state index in [0.717, 1.165) is 21.6 Å². The van der Waals surface area contributed by atoms with Gasteiger partial charge in [0.15, 0.2) is 0 Å². The molecule has 2 aromatic carbocycles. The maximum absolute atomic E-state index is 13.6. The molecule has 0 radical (unpaired) electrons. The van der Waals surface area contributed by atoms with Crippen LogP contribution in [-0.2, 0) is 11.2 Å². The van der Waals surface area contributed by atoms with Gasteiger partial charge in [0, 0.05) is 47.4 Å². The Morgan fingerprint density at radius 1 is 1.00 bits per heavy atom. The molecule has 0 bridgehead atoms. The number of anilines is 1. The van der Waals surface area contributed by atoms with E-state index in [0.29, 0.717) is 15.7 Å². The fourth-order valence-corrected chi connectivity index (χ4v) is 5.08. The number of β-amino-alcohol motifs (C(OH)–C–C–N with tert-alkyl or cyclic N) is 1. The van der Waals surface area contributed by atoms with E-state index in [1.165, 1.54) is 29.4 Å². The van der Waals surface area contributed by atoms with Crippen molar-refractivity contribution < 1.29 is 14.7 Å². The Morgan fingerprint density at radius 2 is 1.66 bits per heavy atom. The number of amides is 3. The number of aliphatic hydroxyl groups is 1. The molecule has 2 atom stereocenters. The van der Waals surface area contributed by atoms with Crippen molar-refractivity contribution in [1.82, 2.24) is 14.9 Å². The zero-order valence-corrected chi connectivity index (χ0v) is 18.3. The molecule has 0 saturated carbocycles. The molecule has 3 aromatic rings. The minimum absolute atomic E-state index is 0.0921. The van der Waals surface area contributed by atoms with Crippen LogP contribution in [0.2, 0.25) is 10.0 Å². The van der Waals surface area contributed by atoms with Gasteiger partial charge >= 0.3 is 6.03 Å². The molecule has 1 aromatic heterocycles. The number of rotatable bonds is 4.